The van der Waals surface area contributed by atoms with Crippen molar-refractivity contribution in [2.75, 3.05) is 0 Å². The van der Waals surface area contributed by atoms with Crippen LogP contribution in [0.2, 0.25) is 0 Å². The van der Waals surface area contributed by atoms with Crippen molar-refractivity contribution in [3.8, 4) is 0 Å². The summed E-state index contributed by atoms with van der Waals surface area (Å²) in [7, 11) is 0. The second kappa shape index (κ2) is 5.56. The van der Waals surface area contributed by atoms with Gasteiger partial charge in [0.2, 0.25) is 5.91 Å². The number of carbonyl (C=O) groups is 1. The van der Waals surface area contributed by atoms with Gasteiger partial charge in [-0.05, 0) is 24.6 Å². The van der Waals surface area contributed by atoms with Gasteiger partial charge in [0, 0.05) is 18.4 Å². The molecule has 2 aromatic rings. The molecule has 1 aromatic carbocycles. The number of carbonyl (C=O) groups excluding carboxylic acids is 1. The Morgan fingerprint density at radius 3 is 2.81 bits per heavy atom. The number of hydrogen-bond acceptors (Lipinski definition) is 3. The first-order chi connectivity index (χ1) is 10.2. The Morgan fingerprint density at radius 2 is 2.14 bits per heavy atom. The van der Waals surface area contributed by atoms with E-state index in [0.29, 0.717) is 12.8 Å². The van der Waals surface area contributed by atoms with Crippen molar-refractivity contribution in [2.45, 2.75) is 32.7 Å². The van der Waals surface area contributed by atoms with E-state index in [1.807, 2.05) is 37.3 Å². The molecule has 0 N–H and O–H groups in total. The molecule has 1 amide bonds. The summed E-state index contributed by atoms with van der Waals surface area (Å²) in [5, 5.41) is 6.14. The lowest BCUT2D eigenvalue weighted by molar-refractivity contribution is -0.133. The van der Waals surface area contributed by atoms with Crippen molar-refractivity contribution in [2.24, 2.45) is 5.10 Å². The van der Waals surface area contributed by atoms with Gasteiger partial charge in [0.05, 0.1) is 12.0 Å². The van der Waals surface area contributed by atoms with Gasteiger partial charge in [0.25, 0.3) is 0 Å². The van der Waals surface area contributed by atoms with Crippen LogP contribution in [0.3, 0.4) is 0 Å². The predicted molar refractivity (Wildman–Crippen MR) is 80.9 cm³/mol. The number of hydrogen-bond donors (Lipinski definition) is 0. The summed E-state index contributed by atoms with van der Waals surface area (Å²) in [5.41, 5.74) is 3.21. The summed E-state index contributed by atoms with van der Waals surface area (Å²) >= 11 is 0. The molecule has 3 rings (SSSR count). The van der Waals surface area contributed by atoms with E-state index >= 15 is 0 Å². The van der Waals surface area contributed by atoms with Crippen molar-refractivity contribution in [1.82, 2.24) is 5.01 Å². The van der Waals surface area contributed by atoms with Gasteiger partial charge in [0.1, 0.15) is 11.8 Å². The number of benzene rings is 1. The summed E-state index contributed by atoms with van der Waals surface area (Å²) in [6.07, 6.45) is 2.75. The molecule has 0 radical (unpaired) electrons. The maximum absolute atomic E-state index is 12.2. The number of hydrazone groups is 1. The molecule has 0 fully saturated rings. The molecule has 2 heterocycles. The van der Waals surface area contributed by atoms with E-state index in [9.17, 15) is 4.79 Å². The van der Waals surface area contributed by atoms with Crippen LogP contribution in [-0.2, 0) is 4.79 Å². The van der Waals surface area contributed by atoms with Gasteiger partial charge in [-0.2, -0.15) is 5.10 Å². The molecule has 0 saturated heterocycles. The van der Waals surface area contributed by atoms with E-state index in [1.54, 1.807) is 11.3 Å². The zero-order valence-corrected chi connectivity index (χ0v) is 12.2. The number of aryl methyl sites for hydroxylation is 1. The Kier molecular flexibility index (Phi) is 3.60. The molecule has 0 spiro atoms. The largest absolute Gasteiger partial charge is 0.467 e. The fourth-order valence-corrected chi connectivity index (χ4v) is 2.66. The van der Waals surface area contributed by atoms with Crippen LogP contribution >= 0.6 is 0 Å². The highest BCUT2D eigenvalue weighted by atomic mass is 16.3. The molecule has 4 heteroatoms. The van der Waals surface area contributed by atoms with E-state index in [-0.39, 0.29) is 11.9 Å². The maximum Gasteiger partial charge on any atom is 0.243 e. The van der Waals surface area contributed by atoms with E-state index in [4.69, 9.17) is 4.42 Å². The topological polar surface area (TPSA) is 45.8 Å². The maximum atomic E-state index is 12.2. The Labute approximate surface area is 124 Å². The molecule has 1 atom stereocenters. The molecule has 0 unspecified atom stereocenters. The van der Waals surface area contributed by atoms with Gasteiger partial charge < -0.3 is 4.42 Å². The van der Waals surface area contributed by atoms with Gasteiger partial charge >= 0.3 is 0 Å². The van der Waals surface area contributed by atoms with Gasteiger partial charge in [-0.15, -0.1) is 0 Å². The molecule has 108 valence electrons. The Balaban J connectivity index is 1.97. The lowest BCUT2D eigenvalue weighted by Crippen LogP contribution is -2.25. The van der Waals surface area contributed by atoms with Crippen molar-refractivity contribution >= 4 is 11.6 Å². The third-order valence-electron chi connectivity index (χ3n) is 3.80. The van der Waals surface area contributed by atoms with Gasteiger partial charge in [0.15, 0.2) is 0 Å². The molecule has 0 bridgehead atoms. The SMILES string of the molecule is CCC(=O)N1N=C(c2ccccc2C)C[C@@H]1c1ccco1. The van der Waals surface area contributed by atoms with Crippen LogP contribution in [0.4, 0.5) is 0 Å². The third-order valence-corrected chi connectivity index (χ3v) is 3.80. The molecular weight excluding hydrogens is 264 g/mol. The van der Waals surface area contributed by atoms with Gasteiger partial charge in [-0.3, -0.25) is 4.79 Å². The van der Waals surface area contributed by atoms with Crippen molar-refractivity contribution in [1.29, 1.82) is 0 Å². The molecule has 1 aliphatic heterocycles. The fourth-order valence-electron chi connectivity index (χ4n) is 2.66. The molecule has 0 aliphatic carbocycles. The lowest BCUT2D eigenvalue weighted by Gasteiger charge is -2.18. The zero-order valence-electron chi connectivity index (χ0n) is 12.2. The number of nitrogens with zero attached hydrogens (tertiary/aromatic N) is 2. The summed E-state index contributed by atoms with van der Waals surface area (Å²) in [5.74, 6) is 0.795. The first-order valence-corrected chi connectivity index (χ1v) is 7.19. The summed E-state index contributed by atoms with van der Waals surface area (Å²) in [6, 6.07) is 11.7. The standard InChI is InChI=1S/C17H18N2O2/c1-3-17(20)19-15(16-9-6-10-21-16)11-14(18-19)13-8-5-4-7-12(13)2/h4-10,15H,3,11H2,1-2H3/t15-/m1/s1. The van der Waals surface area contributed by atoms with Crippen LogP contribution in [0.25, 0.3) is 0 Å². The molecule has 0 saturated carbocycles. The number of rotatable bonds is 3. The zero-order chi connectivity index (χ0) is 14.8. The van der Waals surface area contributed by atoms with Crippen LogP contribution in [0, 0.1) is 6.92 Å². The van der Waals surface area contributed by atoms with E-state index in [2.05, 4.69) is 18.1 Å². The van der Waals surface area contributed by atoms with E-state index < -0.39 is 0 Å². The van der Waals surface area contributed by atoms with Gasteiger partial charge in [-0.25, -0.2) is 5.01 Å². The van der Waals surface area contributed by atoms with Crippen LogP contribution < -0.4 is 0 Å². The number of furan rings is 1. The normalized spacial score (nSPS) is 17.9. The average Bonchev–Trinajstić information content (AvgIpc) is 3.15. The van der Waals surface area contributed by atoms with Crippen LogP contribution in [0.15, 0.2) is 52.2 Å². The quantitative estimate of drug-likeness (QED) is 0.862. The van der Waals surface area contributed by atoms with Crippen LogP contribution in [-0.4, -0.2) is 16.6 Å². The number of amides is 1. The van der Waals surface area contributed by atoms with Crippen LogP contribution in [0.1, 0.15) is 42.7 Å². The van der Waals surface area contributed by atoms with E-state index in [1.165, 1.54) is 5.56 Å². The van der Waals surface area contributed by atoms with Crippen molar-refractivity contribution < 1.29 is 9.21 Å². The lowest BCUT2D eigenvalue weighted by atomic mass is 9.99. The third kappa shape index (κ3) is 2.49. The minimum absolute atomic E-state index is 0.0139. The summed E-state index contributed by atoms with van der Waals surface area (Å²) in [6.45, 7) is 3.91. The predicted octanol–water partition coefficient (Wildman–Crippen LogP) is 3.68. The van der Waals surface area contributed by atoms with E-state index in [0.717, 1.165) is 17.0 Å². The highest BCUT2D eigenvalue weighted by Gasteiger charge is 2.34. The monoisotopic (exact) mass is 282 g/mol. The second-order valence-electron chi connectivity index (χ2n) is 5.19. The minimum atomic E-state index is -0.137. The Bertz CT molecular complexity index is 674. The molecule has 1 aromatic heterocycles. The average molecular weight is 282 g/mol. The Morgan fingerprint density at radius 1 is 1.33 bits per heavy atom. The molecular formula is C17H18N2O2. The molecule has 21 heavy (non-hydrogen) atoms. The summed E-state index contributed by atoms with van der Waals surface area (Å²) in [4.78, 5) is 12.2. The smallest absolute Gasteiger partial charge is 0.243 e. The van der Waals surface area contributed by atoms with Crippen LogP contribution in [0.5, 0.6) is 0 Å². The van der Waals surface area contributed by atoms with Crippen molar-refractivity contribution in [3.63, 3.8) is 0 Å². The summed E-state index contributed by atoms with van der Waals surface area (Å²) < 4.78 is 5.49. The molecule has 4 nitrogen and oxygen atoms in total. The molecule has 1 aliphatic rings. The van der Waals surface area contributed by atoms with Gasteiger partial charge in [-0.1, -0.05) is 31.2 Å². The second-order valence-corrected chi connectivity index (χ2v) is 5.19. The first-order valence-electron chi connectivity index (χ1n) is 7.19. The highest BCUT2D eigenvalue weighted by Crippen LogP contribution is 2.33. The first kappa shape index (κ1) is 13.6. The minimum Gasteiger partial charge on any atom is -0.467 e. The fraction of sp³-hybridized carbons (Fsp3) is 0.294. The Hall–Kier alpha value is -2.36. The highest BCUT2D eigenvalue weighted by molar-refractivity contribution is 6.04. The van der Waals surface area contributed by atoms with Crippen molar-refractivity contribution in [3.05, 3.63) is 59.5 Å².